The van der Waals surface area contributed by atoms with Gasteiger partial charge in [0.2, 0.25) is 0 Å². The van der Waals surface area contributed by atoms with Crippen molar-refractivity contribution in [1.29, 1.82) is 0 Å². The van der Waals surface area contributed by atoms with E-state index in [-0.39, 0.29) is 18.3 Å². The van der Waals surface area contributed by atoms with Gasteiger partial charge in [-0.2, -0.15) is 0 Å². The number of rotatable bonds is 2. The second-order valence-corrected chi connectivity index (χ2v) is 6.88. The maximum Gasteiger partial charge on any atom is 0.488 e. The van der Waals surface area contributed by atoms with Crippen molar-refractivity contribution in [3.8, 4) is 0 Å². The minimum atomic E-state index is -0.379. The Morgan fingerprint density at radius 2 is 1.68 bits per heavy atom. The van der Waals surface area contributed by atoms with Gasteiger partial charge in [-0.25, -0.2) is 0 Å². The molecule has 0 aromatic heterocycles. The van der Waals surface area contributed by atoms with Crippen molar-refractivity contribution in [1.82, 2.24) is 0 Å². The van der Waals surface area contributed by atoms with Crippen LogP contribution in [0.25, 0.3) is 4.48 Å². The van der Waals surface area contributed by atoms with E-state index in [2.05, 4.69) is 15.9 Å². The van der Waals surface area contributed by atoms with E-state index in [0.717, 1.165) is 10.0 Å². The number of hydrogen-bond acceptors (Lipinski definition) is 2. The van der Waals surface area contributed by atoms with Crippen LogP contribution in [-0.4, -0.2) is 18.3 Å². The van der Waals surface area contributed by atoms with E-state index >= 15 is 0 Å². The van der Waals surface area contributed by atoms with Crippen molar-refractivity contribution in [2.75, 3.05) is 0 Å². The Balaban J connectivity index is 2.22. The highest BCUT2D eigenvalue weighted by molar-refractivity contribution is 9.15. The van der Waals surface area contributed by atoms with Crippen molar-refractivity contribution in [2.45, 2.75) is 38.9 Å². The van der Waals surface area contributed by atoms with Crippen LogP contribution in [0.4, 0.5) is 0 Å². The van der Waals surface area contributed by atoms with Crippen LogP contribution in [0.1, 0.15) is 33.3 Å². The van der Waals surface area contributed by atoms with Gasteiger partial charge < -0.3 is 9.31 Å². The molecule has 1 aromatic rings. The molecule has 19 heavy (non-hydrogen) atoms. The summed E-state index contributed by atoms with van der Waals surface area (Å²) in [5.74, 6) is 1.90. The second kappa shape index (κ2) is 5.25. The SMILES string of the molecule is CC1(C)OB(C=C(Br)c2ccccc2Cl)OC1(C)C. The average Bonchev–Trinajstić information content (AvgIpc) is 2.47. The molecule has 0 bridgehead atoms. The van der Waals surface area contributed by atoms with E-state index in [1.807, 2.05) is 57.9 Å². The van der Waals surface area contributed by atoms with Gasteiger partial charge in [-0.05, 0) is 39.7 Å². The Hall–Kier alpha value is -0.285. The monoisotopic (exact) mass is 342 g/mol. The van der Waals surface area contributed by atoms with Gasteiger partial charge in [-0.3, -0.25) is 0 Å². The quantitative estimate of drug-likeness (QED) is 0.724. The van der Waals surface area contributed by atoms with Gasteiger partial charge in [0.15, 0.2) is 0 Å². The van der Waals surface area contributed by atoms with Crippen molar-refractivity contribution < 1.29 is 9.31 Å². The Labute approximate surface area is 128 Å². The first-order valence-corrected chi connectivity index (χ1v) is 7.38. The Morgan fingerprint density at radius 3 is 2.21 bits per heavy atom. The summed E-state index contributed by atoms with van der Waals surface area (Å²) in [5, 5.41) is 0.696. The first kappa shape index (κ1) is 15.1. The minimum absolute atomic E-state index is 0.331. The van der Waals surface area contributed by atoms with Crippen LogP contribution in [0.15, 0.2) is 30.2 Å². The van der Waals surface area contributed by atoms with Crippen molar-refractivity contribution in [3.63, 3.8) is 0 Å². The Bertz CT molecular complexity index is 498. The summed E-state index contributed by atoms with van der Waals surface area (Å²) in [4.78, 5) is 0. The molecule has 0 amide bonds. The molecular weight excluding hydrogens is 326 g/mol. The molecule has 0 saturated carbocycles. The standard InChI is InChI=1S/C14H17BBrClO2/c1-13(2)14(3,4)19-15(18-13)9-11(16)10-7-5-6-8-12(10)17/h5-9H,1-4H3. The lowest BCUT2D eigenvalue weighted by molar-refractivity contribution is 0.00578. The molecule has 1 aliphatic heterocycles. The molecule has 0 atom stereocenters. The summed E-state index contributed by atoms with van der Waals surface area (Å²) in [6, 6.07) is 7.66. The van der Waals surface area contributed by atoms with E-state index in [4.69, 9.17) is 20.9 Å². The molecule has 2 nitrogen and oxygen atoms in total. The molecule has 2 rings (SSSR count). The third kappa shape index (κ3) is 3.08. The molecule has 1 fully saturated rings. The minimum Gasteiger partial charge on any atom is -0.400 e. The number of benzene rings is 1. The van der Waals surface area contributed by atoms with Crippen LogP contribution in [0, 0.1) is 0 Å². The van der Waals surface area contributed by atoms with Crippen molar-refractivity contribution >= 4 is 39.1 Å². The van der Waals surface area contributed by atoms with Crippen molar-refractivity contribution in [2.24, 2.45) is 0 Å². The molecule has 0 spiro atoms. The van der Waals surface area contributed by atoms with Gasteiger partial charge >= 0.3 is 7.12 Å². The smallest absolute Gasteiger partial charge is 0.400 e. The number of hydrogen-bond donors (Lipinski definition) is 0. The topological polar surface area (TPSA) is 18.5 Å². The van der Waals surface area contributed by atoms with Crippen LogP contribution in [-0.2, 0) is 9.31 Å². The fourth-order valence-electron chi connectivity index (χ4n) is 1.82. The summed E-state index contributed by atoms with van der Waals surface area (Å²) < 4.78 is 12.7. The molecule has 0 N–H and O–H groups in total. The third-order valence-corrected chi connectivity index (χ3v) is 4.71. The zero-order chi connectivity index (χ0) is 14.3. The fraction of sp³-hybridized carbons (Fsp3) is 0.429. The first-order valence-electron chi connectivity index (χ1n) is 6.21. The normalized spacial score (nSPS) is 21.8. The molecule has 0 unspecified atom stereocenters. The van der Waals surface area contributed by atoms with Gasteiger partial charge in [-0.1, -0.05) is 45.7 Å². The van der Waals surface area contributed by atoms with Crippen LogP contribution in [0.2, 0.25) is 5.02 Å². The highest BCUT2D eigenvalue weighted by atomic mass is 79.9. The second-order valence-electron chi connectivity index (χ2n) is 5.62. The molecule has 0 aliphatic carbocycles. The lowest BCUT2D eigenvalue weighted by Gasteiger charge is -2.32. The summed E-state index contributed by atoms with van der Waals surface area (Å²) in [5.41, 5.74) is 0.267. The fourth-order valence-corrected chi connectivity index (χ4v) is 2.73. The van der Waals surface area contributed by atoms with Gasteiger partial charge in [-0.15, -0.1) is 0 Å². The molecule has 1 heterocycles. The predicted octanol–water partition coefficient (Wildman–Crippen LogP) is 4.71. The van der Waals surface area contributed by atoms with Crippen LogP contribution >= 0.6 is 27.5 Å². The highest BCUT2D eigenvalue weighted by Crippen LogP contribution is 2.38. The summed E-state index contributed by atoms with van der Waals surface area (Å²) in [6.07, 6.45) is 0. The maximum atomic E-state index is 6.16. The molecule has 102 valence electrons. The average molecular weight is 343 g/mol. The van der Waals surface area contributed by atoms with Crippen LogP contribution < -0.4 is 0 Å². The summed E-state index contributed by atoms with van der Waals surface area (Å²) in [7, 11) is -0.379. The third-order valence-electron chi connectivity index (χ3n) is 3.69. The first-order chi connectivity index (χ1) is 8.73. The van der Waals surface area contributed by atoms with E-state index < -0.39 is 0 Å². The Kier molecular flexibility index (Phi) is 4.17. The molecular formula is C14H17BBrClO2. The van der Waals surface area contributed by atoms with Crippen LogP contribution in [0.3, 0.4) is 0 Å². The van der Waals surface area contributed by atoms with Gasteiger partial charge in [0, 0.05) is 15.1 Å². The van der Waals surface area contributed by atoms with E-state index in [1.165, 1.54) is 0 Å². The summed E-state index contributed by atoms with van der Waals surface area (Å²) >= 11 is 9.70. The lowest BCUT2D eigenvalue weighted by atomic mass is 9.89. The molecule has 0 radical (unpaired) electrons. The Morgan fingerprint density at radius 1 is 1.16 bits per heavy atom. The predicted molar refractivity (Wildman–Crippen MR) is 84.4 cm³/mol. The van der Waals surface area contributed by atoms with Gasteiger partial charge in [0.25, 0.3) is 0 Å². The largest absolute Gasteiger partial charge is 0.488 e. The zero-order valence-electron chi connectivity index (χ0n) is 11.5. The summed E-state index contributed by atoms with van der Waals surface area (Å²) in [6.45, 7) is 8.13. The zero-order valence-corrected chi connectivity index (χ0v) is 13.9. The number of halogens is 2. The van der Waals surface area contributed by atoms with Gasteiger partial charge in [0.1, 0.15) is 0 Å². The molecule has 1 saturated heterocycles. The molecule has 5 heteroatoms. The lowest BCUT2D eigenvalue weighted by Crippen LogP contribution is -2.41. The highest BCUT2D eigenvalue weighted by Gasteiger charge is 2.50. The van der Waals surface area contributed by atoms with Crippen molar-refractivity contribution in [3.05, 3.63) is 40.8 Å². The van der Waals surface area contributed by atoms with E-state index in [0.29, 0.717) is 5.02 Å². The van der Waals surface area contributed by atoms with E-state index in [9.17, 15) is 0 Å². The maximum absolute atomic E-state index is 6.16. The molecule has 1 aliphatic rings. The van der Waals surface area contributed by atoms with Crippen LogP contribution in [0.5, 0.6) is 0 Å². The van der Waals surface area contributed by atoms with E-state index in [1.54, 1.807) is 0 Å². The molecule has 1 aromatic carbocycles. The van der Waals surface area contributed by atoms with Gasteiger partial charge in [0.05, 0.1) is 11.2 Å².